The highest BCUT2D eigenvalue weighted by Gasteiger charge is 2.35. The Balaban J connectivity index is 1.58. The molecule has 1 atom stereocenters. The number of hydrogen-bond acceptors (Lipinski definition) is 5. The number of nitrogens with zero attached hydrogens (tertiary/aromatic N) is 5. The van der Waals surface area contributed by atoms with Gasteiger partial charge in [0.2, 0.25) is 0 Å². The maximum absolute atomic E-state index is 13.3. The van der Waals surface area contributed by atoms with Crippen LogP contribution in [-0.2, 0) is 6.54 Å². The molecule has 3 heterocycles. The van der Waals surface area contributed by atoms with Gasteiger partial charge in [0.1, 0.15) is 11.5 Å². The predicted molar refractivity (Wildman–Crippen MR) is 109 cm³/mol. The summed E-state index contributed by atoms with van der Waals surface area (Å²) >= 11 is 0. The fraction of sp³-hybridized carbons (Fsp3) is 0.409. The number of fused-ring (bicyclic) bond motifs is 1. The number of hydrogen-bond donors (Lipinski definition) is 0. The number of benzene rings is 1. The lowest BCUT2D eigenvalue weighted by Gasteiger charge is -2.26. The minimum atomic E-state index is -0.221. The lowest BCUT2D eigenvalue weighted by atomic mass is 10.1. The Morgan fingerprint density at radius 3 is 2.72 bits per heavy atom. The summed E-state index contributed by atoms with van der Waals surface area (Å²) in [7, 11) is 0. The molecule has 0 N–H and O–H groups in total. The van der Waals surface area contributed by atoms with Crippen LogP contribution in [0.4, 0.5) is 0 Å². The number of amides is 1. The molecule has 2 fully saturated rings. The van der Waals surface area contributed by atoms with Gasteiger partial charge >= 0.3 is 0 Å². The van der Waals surface area contributed by atoms with E-state index in [1.165, 1.54) is 6.20 Å². The Morgan fingerprint density at radius 2 is 1.97 bits per heavy atom. The standard InChI is InChI=1S/C22H23N5O2/c1-14-11-24-18(12-23-14)22(29)26-10-4-7-19(26)20-25-17-6-3-2-5-16(17)21(28)27(20)13-15-8-9-15/h2-3,5-6,11-12,15,19H,4,7-10,13H2,1H3. The van der Waals surface area contributed by atoms with Crippen molar-refractivity contribution in [3.05, 3.63) is 64.2 Å². The number of aryl methyl sites for hydroxylation is 1. The first-order chi connectivity index (χ1) is 14.1. The minimum Gasteiger partial charge on any atom is -0.327 e. The number of carbonyl (C=O) groups is 1. The molecule has 1 saturated carbocycles. The van der Waals surface area contributed by atoms with E-state index in [-0.39, 0.29) is 17.5 Å². The van der Waals surface area contributed by atoms with E-state index in [1.54, 1.807) is 11.1 Å². The van der Waals surface area contributed by atoms with E-state index in [1.807, 2.05) is 35.8 Å². The van der Waals surface area contributed by atoms with Crippen LogP contribution in [0.15, 0.2) is 41.5 Å². The third-order valence-electron chi connectivity index (χ3n) is 5.84. The maximum Gasteiger partial charge on any atom is 0.274 e. The van der Waals surface area contributed by atoms with E-state index in [9.17, 15) is 9.59 Å². The fourth-order valence-electron chi connectivity index (χ4n) is 4.10. The Labute approximate surface area is 168 Å². The van der Waals surface area contributed by atoms with Crippen LogP contribution in [0.1, 0.15) is 53.7 Å². The molecular weight excluding hydrogens is 366 g/mol. The number of para-hydroxylation sites is 1. The number of likely N-dealkylation sites (tertiary alicyclic amines) is 1. The molecule has 2 aliphatic rings. The zero-order chi connectivity index (χ0) is 20.0. The van der Waals surface area contributed by atoms with Gasteiger partial charge in [-0.15, -0.1) is 0 Å². The molecule has 1 unspecified atom stereocenters. The first kappa shape index (κ1) is 18.0. The quantitative estimate of drug-likeness (QED) is 0.685. The van der Waals surface area contributed by atoms with Gasteiger partial charge in [-0.2, -0.15) is 0 Å². The van der Waals surface area contributed by atoms with Crippen molar-refractivity contribution in [2.24, 2.45) is 5.92 Å². The zero-order valence-corrected chi connectivity index (χ0v) is 16.4. The number of aromatic nitrogens is 4. The fourth-order valence-corrected chi connectivity index (χ4v) is 4.10. The van der Waals surface area contributed by atoms with Gasteiger partial charge in [-0.25, -0.2) is 9.97 Å². The smallest absolute Gasteiger partial charge is 0.274 e. The topological polar surface area (TPSA) is 81.0 Å². The Kier molecular flexibility index (Phi) is 4.38. The van der Waals surface area contributed by atoms with E-state index >= 15 is 0 Å². The van der Waals surface area contributed by atoms with Crippen molar-refractivity contribution in [3.63, 3.8) is 0 Å². The van der Waals surface area contributed by atoms with Crippen molar-refractivity contribution >= 4 is 16.8 Å². The highest BCUT2D eigenvalue weighted by molar-refractivity contribution is 5.92. The van der Waals surface area contributed by atoms with E-state index in [0.717, 1.165) is 31.4 Å². The second-order valence-corrected chi connectivity index (χ2v) is 8.05. The van der Waals surface area contributed by atoms with Crippen LogP contribution < -0.4 is 5.56 Å². The zero-order valence-electron chi connectivity index (χ0n) is 16.4. The summed E-state index contributed by atoms with van der Waals surface area (Å²) in [6.07, 6.45) is 7.09. The summed E-state index contributed by atoms with van der Waals surface area (Å²) in [5.41, 5.74) is 1.79. The highest BCUT2D eigenvalue weighted by Crippen LogP contribution is 2.35. The molecule has 7 nitrogen and oxygen atoms in total. The number of carbonyl (C=O) groups excluding carboxylic acids is 1. The van der Waals surface area contributed by atoms with Gasteiger partial charge in [0.05, 0.1) is 28.8 Å². The molecule has 0 bridgehead atoms. The summed E-state index contributed by atoms with van der Waals surface area (Å²) in [5, 5.41) is 0.636. The van der Waals surface area contributed by atoms with Crippen LogP contribution in [0.25, 0.3) is 10.9 Å². The molecule has 2 aromatic heterocycles. The first-order valence-electron chi connectivity index (χ1n) is 10.2. The molecule has 1 amide bonds. The van der Waals surface area contributed by atoms with Gasteiger partial charge in [-0.3, -0.25) is 19.1 Å². The molecular formula is C22H23N5O2. The summed E-state index contributed by atoms with van der Waals surface area (Å²) in [4.78, 5) is 41.5. The van der Waals surface area contributed by atoms with Crippen molar-refractivity contribution in [1.82, 2.24) is 24.4 Å². The van der Waals surface area contributed by atoms with Gasteiger partial charge < -0.3 is 4.90 Å². The molecule has 7 heteroatoms. The summed E-state index contributed by atoms with van der Waals surface area (Å²) in [6.45, 7) is 3.15. The van der Waals surface area contributed by atoms with Gasteiger partial charge in [-0.05, 0) is 50.7 Å². The van der Waals surface area contributed by atoms with Crippen molar-refractivity contribution in [2.45, 2.75) is 45.2 Å². The normalized spacial score (nSPS) is 19.1. The first-order valence-corrected chi connectivity index (χ1v) is 10.2. The molecule has 1 saturated heterocycles. The van der Waals surface area contributed by atoms with Crippen molar-refractivity contribution < 1.29 is 4.79 Å². The lowest BCUT2D eigenvalue weighted by molar-refractivity contribution is 0.0719. The molecule has 0 radical (unpaired) electrons. The largest absolute Gasteiger partial charge is 0.327 e. The van der Waals surface area contributed by atoms with Crippen LogP contribution in [0.5, 0.6) is 0 Å². The van der Waals surface area contributed by atoms with Gasteiger partial charge in [0.25, 0.3) is 11.5 Å². The van der Waals surface area contributed by atoms with Crippen LogP contribution >= 0.6 is 0 Å². The monoisotopic (exact) mass is 389 g/mol. The molecule has 1 aliphatic carbocycles. The molecule has 1 aromatic carbocycles. The average molecular weight is 389 g/mol. The van der Waals surface area contributed by atoms with Crippen LogP contribution in [0, 0.1) is 12.8 Å². The highest BCUT2D eigenvalue weighted by atomic mass is 16.2. The summed E-state index contributed by atoms with van der Waals surface area (Å²) < 4.78 is 1.82. The second-order valence-electron chi connectivity index (χ2n) is 8.05. The van der Waals surface area contributed by atoms with Crippen molar-refractivity contribution in [3.8, 4) is 0 Å². The van der Waals surface area contributed by atoms with Crippen LogP contribution in [0.3, 0.4) is 0 Å². The molecule has 148 valence electrons. The van der Waals surface area contributed by atoms with Crippen molar-refractivity contribution in [1.29, 1.82) is 0 Å². The van der Waals surface area contributed by atoms with Crippen LogP contribution in [0.2, 0.25) is 0 Å². The van der Waals surface area contributed by atoms with E-state index < -0.39 is 0 Å². The molecule has 5 rings (SSSR count). The van der Waals surface area contributed by atoms with Gasteiger partial charge in [-0.1, -0.05) is 12.1 Å². The third-order valence-corrected chi connectivity index (χ3v) is 5.84. The van der Waals surface area contributed by atoms with E-state index in [0.29, 0.717) is 41.4 Å². The number of rotatable bonds is 4. The van der Waals surface area contributed by atoms with Gasteiger partial charge in [0.15, 0.2) is 0 Å². The Morgan fingerprint density at radius 1 is 1.14 bits per heavy atom. The minimum absolute atomic E-state index is 0.00748. The second kappa shape index (κ2) is 7.06. The Bertz CT molecular complexity index is 1130. The third kappa shape index (κ3) is 3.30. The van der Waals surface area contributed by atoms with Crippen LogP contribution in [-0.4, -0.2) is 36.9 Å². The maximum atomic E-state index is 13.3. The summed E-state index contributed by atoms with van der Waals surface area (Å²) in [6, 6.07) is 7.24. The predicted octanol–water partition coefficient (Wildman–Crippen LogP) is 2.88. The van der Waals surface area contributed by atoms with Gasteiger partial charge in [0, 0.05) is 19.3 Å². The Hall–Kier alpha value is -3.09. The molecule has 0 spiro atoms. The summed E-state index contributed by atoms with van der Waals surface area (Å²) in [5.74, 6) is 1.08. The van der Waals surface area contributed by atoms with E-state index in [2.05, 4.69) is 9.97 Å². The molecule has 29 heavy (non-hydrogen) atoms. The SMILES string of the molecule is Cc1cnc(C(=O)N2CCCC2c2nc3ccccc3c(=O)n2CC2CC2)cn1. The average Bonchev–Trinajstić information content (AvgIpc) is 3.43. The van der Waals surface area contributed by atoms with Crippen molar-refractivity contribution in [2.75, 3.05) is 6.54 Å². The molecule has 1 aliphatic heterocycles. The molecule has 3 aromatic rings. The lowest BCUT2D eigenvalue weighted by Crippen LogP contribution is -2.36. The van der Waals surface area contributed by atoms with E-state index in [4.69, 9.17) is 4.98 Å².